The molecule has 5 atom stereocenters. The van der Waals surface area contributed by atoms with Crippen LogP contribution in [0.4, 0.5) is 34.9 Å². The molecule has 0 spiro atoms. The number of nitrogens with two attached hydrogens (primary N) is 3. The Morgan fingerprint density at radius 1 is 0.543 bits per heavy atom. The zero-order valence-electron chi connectivity index (χ0n) is 48.1. The number of anilines is 6. The minimum absolute atomic E-state index is 0. The van der Waals surface area contributed by atoms with Crippen LogP contribution < -0.4 is 47.9 Å². The van der Waals surface area contributed by atoms with E-state index in [0.717, 1.165) is 108 Å². The molecule has 0 bridgehead atoms. The van der Waals surface area contributed by atoms with Gasteiger partial charge in [-0.2, -0.15) is 0 Å². The van der Waals surface area contributed by atoms with Crippen molar-refractivity contribution >= 4 is 63.6 Å². The summed E-state index contributed by atoms with van der Waals surface area (Å²) in [6.45, 7) is 24.3. The van der Waals surface area contributed by atoms with Gasteiger partial charge in [-0.25, -0.2) is 29.9 Å². The van der Waals surface area contributed by atoms with Crippen LogP contribution in [0.1, 0.15) is 161 Å². The van der Waals surface area contributed by atoms with E-state index in [4.69, 9.17) is 17.2 Å². The molecule has 3 fully saturated rings. The van der Waals surface area contributed by atoms with Gasteiger partial charge in [-0.1, -0.05) is 87.8 Å². The molecule has 9 N–H and O–H groups in total. The highest BCUT2D eigenvalue weighted by Crippen LogP contribution is 2.27. The Hall–Kier alpha value is -6.93. The van der Waals surface area contributed by atoms with Crippen molar-refractivity contribution in [2.75, 3.05) is 77.7 Å². The number of carbonyl (C=O) groups excluding carboxylic acids is 3. The number of pyridine rings is 5. The van der Waals surface area contributed by atoms with Crippen molar-refractivity contribution in [3.63, 3.8) is 0 Å². The van der Waals surface area contributed by atoms with Gasteiger partial charge < -0.3 is 47.9 Å². The standard InChI is InChI=1S/2C22H31N5O.C17H23N5OS.CH4.4H2/c2*1-4-7-16-13-27(14-17(25-16)12-15(2)3)20-10-5-9-19(26-20)21(28)18-8-6-11-24-22(18)23;1-11(2)8-12-9-22(7-6-19-12)14-10-24-17(21-14)15(23)13-4-3-5-20-16(13)18;;;;;/h2*5-6,8-11,15-17,25H,4,7,12-14H2,1-3H3,(H2,23,24);3-5,10-12,19H,6-9H2,1-2H3,(H2,18,20);1H4;4*1H/t16-,17+;16-,17-;12-;;;;;/m100...../s1. The number of nitrogens with one attached hydrogen (secondary N) is 3. The van der Waals surface area contributed by atoms with Crippen LogP contribution in [0.2, 0.25) is 0 Å². The lowest BCUT2D eigenvalue weighted by Gasteiger charge is -2.40. The third-order valence-electron chi connectivity index (χ3n) is 14.3. The number of piperazine rings is 3. The van der Waals surface area contributed by atoms with Gasteiger partial charge in [0.15, 0.2) is 5.01 Å². The van der Waals surface area contributed by atoms with E-state index in [2.05, 4.69) is 116 Å². The van der Waals surface area contributed by atoms with E-state index in [1.54, 1.807) is 67.1 Å². The first-order valence-electron chi connectivity index (χ1n) is 28.6. The summed E-state index contributed by atoms with van der Waals surface area (Å²) >= 11 is 1.36. The van der Waals surface area contributed by atoms with Gasteiger partial charge in [-0.05, 0) is 111 Å². The topological polar surface area (TPSA) is 252 Å². The first-order valence-corrected chi connectivity index (χ1v) is 29.5. The summed E-state index contributed by atoms with van der Waals surface area (Å²) < 4.78 is 0. The van der Waals surface area contributed by atoms with E-state index in [1.165, 1.54) is 11.3 Å². The molecule has 81 heavy (non-hydrogen) atoms. The van der Waals surface area contributed by atoms with Crippen LogP contribution >= 0.6 is 11.3 Å². The minimum atomic E-state index is -0.188. The number of thiazole rings is 1. The van der Waals surface area contributed by atoms with E-state index in [-0.39, 0.29) is 47.9 Å². The SMILES string of the molecule is C.CC(C)C[C@H]1CN(c2csc(C(=O)c3cccnc3N)n2)CCN1.CCC[C@@H]1CN(c2cccc(C(=O)c3cccnc3N)n2)C[C@H](CC(C)C)N1.CCC[C@H]1CN(c2cccc(C(=O)c3cccnc3N)n2)C[C@H](CC(C)C)N1.[HH].[HH].[HH].[HH]. The average Bonchev–Trinajstić information content (AvgIpc) is 4.09. The molecular formula is C62H97N15O3S. The van der Waals surface area contributed by atoms with Gasteiger partial charge >= 0.3 is 0 Å². The Balaban J connectivity index is 0.000000424. The Morgan fingerprint density at radius 2 is 0.951 bits per heavy atom. The van der Waals surface area contributed by atoms with Gasteiger partial charge in [-0.15, -0.1) is 11.3 Å². The number of hydrogen-bond acceptors (Lipinski definition) is 19. The summed E-state index contributed by atoms with van der Waals surface area (Å²) in [6, 6.07) is 23.7. The Kier molecular flexibility index (Phi) is 24.0. The fraction of sp³-hybridized carbons (Fsp3) is 0.500. The van der Waals surface area contributed by atoms with E-state index in [9.17, 15) is 14.4 Å². The maximum atomic E-state index is 12.9. The van der Waals surface area contributed by atoms with Crippen LogP contribution in [0.5, 0.6) is 0 Å². The number of nitrogen functional groups attached to an aromatic ring is 3. The van der Waals surface area contributed by atoms with Gasteiger partial charge in [0.05, 0.1) is 16.7 Å². The third kappa shape index (κ3) is 18.0. The fourth-order valence-corrected chi connectivity index (χ4v) is 11.7. The van der Waals surface area contributed by atoms with Crippen molar-refractivity contribution in [2.24, 2.45) is 17.8 Å². The number of ketones is 3. The summed E-state index contributed by atoms with van der Waals surface area (Å²) in [6.07, 6.45) is 12.7. The highest BCUT2D eigenvalue weighted by molar-refractivity contribution is 7.12. The Morgan fingerprint density at radius 3 is 1.37 bits per heavy atom. The smallest absolute Gasteiger partial charge is 0.225 e. The monoisotopic (exact) mass is 1130 g/mol. The first-order chi connectivity index (χ1) is 38.5. The van der Waals surface area contributed by atoms with Gasteiger partial charge in [-0.3, -0.25) is 14.4 Å². The van der Waals surface area contributed by atoms with Gasteiger partial charge in [0, 0.05) is 106 Å². The highest BCUT2D eigenvalue weighted by atomic mass is 32.1. The molecule has 3 aliphatic heterocycles. The van der Waals surface area contributed by atoms with Crippen LogP contribution in [0.3, 0.4) is 0 Å². The van der Waals surface area contributed by atoms with E-state index >= 15 is 0 Å². The summed E-state index contributed by atoms with van der Waals surface area (Å²) in [7, 11) is 0. The predicted octanol–water partition coefficient (Wildman–Crippen LogP) is 10.4. The number of rotatable bonds is 19. The van der Waals surface area contributed by atoms with Gasteiger partial charge in [0.1, 0.15) is 46.3 Å². The summed E-state index contributed by atoms with van der Waals surface area (Å²) in [4.78, 5) is 71.1. The maximum Gasteiger partial charge on any atom is 0.225 e. The Labute approximate surface area is 490 Å². The average molecular weight is 1130 g/mol. The largest absolute Gasteiger partial charge is 0.383 e. The molecule has 6 aromatic heterocycles. The second-order valence-corrected chi connectivity index (χ2v) is 23.4. The second kappa shape index (κ2) is 30.8. The number of aromatic nitrogens is 6. The molecule has 9 rings (SSSR count). The molecule has 3 aliphatic rings. The molecular weight excluding hydrogens is 1030 g/mol. The van der Waals surface area contributed by atoms with E-state index in [0.29, 0.717) is 81.0 Å². The Bertz CT molecular complexity index is 2840. The van der Waals surface area contributed by atoms with Crippen LogP contribution in [0.15, 0.2) is 96.8 Å². The molecule has 444 valence electrons. The van der Waals surface area contributed by atoms with Crippen LogP contribution in [-0.2, 0) is 0 Å². The summed E-state index contributed by atoms with van der Waals surface area (Å²) in [5.41, 5.74) is 19.6. The minimum Gasteiger partial charge on any atom is -0.383 e. The molecule has 3 saturated heterocycles. The molecule has 0 amide bonds. The van der Waals surface area contributed by atoms with Crippen molar-refractivity contribution in [2.45, 2.75) is 138 Å². The summed E-state index contributed by atoms with van der Waals surface area (Å²) in [5.74, 6) is 4.69. The molecule has 6 aromatic rings. The molecule has 0 aliphatic carbocycles. The predicted molar refractivity (Wildman–Crippen MR) is 340 cm³/mol. The molecule has 0 radical (unpaired) electrons. The lowest BCUT2D eigenvalue weighted by Crippen LogP contribution is -2.57. The van der Waals surface area contributed by atoms with E-state index in [1.807, 2.05) is 29.6 Å². The highest BCUT2D eigenvalue weighted by Gasteiger charge is 2.30. The first kappa shape index (κ1) is 63.3. The van der Waals surface area contributed by atoms with Gasteiger partial charge in [0.25, 0.3) is 0 Å². The molecule has 0 unspecified atom stereocenters. The van der Waals surface area contributed by atoms with Crippen LogP contribution in [-0.4, -0.2) is 123 Å². The lowest BCUT2D eigenvalue weighted by atomic mass is 9.98. The third-order valence-corrected chi connectivity index (χ3v) is 15.2. The van der Waals surface area contributed by atoms with Crippen molar-refractivity contribution in [1.29, 1.82) is 0 Å². The molecule has 18 nitrogen and oxygen atoms in total. The van der Waals surface area contributed by atoms with Crippen molar-refractivity contribution < 1.29 is 20.1 Å². The number of nitrogens with zero attached hydrogens (tertiary/aromatic N) is 9. The zero-order valence-corrected chi connectivity index (χ0v) is 49.0. The maximum absolute atomic E-state index is 12.9. The zero-order chi connectivity index (χ0) is 57.3. The van der Waals surface area contributed by atoms with Gasteiger partial charge in [0.2, 0.25) is 17.3 Å². The molecule has 9 heterocycles. The fourth-order valence-electron chi connectivity index (χ4n) is 10.9. The van der Waals surface area contributed by atoms with Crippen molar-refractivity contribution in [1.82, 2.24) is 45.9 Å². The van der Waals surface area contributed by atoms with Crippen LogP contribution in [0.25, 0.3) is 0 Å². The van der Waals surface area contributed by atoms with Crippen LogP contribution in [0, 0.1) is 17.8 Å². The number of hydrogen-bond donors (Lipinski definition) is 6. The second-order valence-electron chi connectivity index (χ2n) is 22.6. The lowest BCUT2D eigenvalue weighted by molar-refractivity contribution is 0.102. The quantitative estimate of drug-likeness (QED) is 0.0412. The molecule has 19 heteroatoms. The molecule has 0 aromatic carbocycles. The summed E-state index contributed by atoms with van der Waals surface area (Å²) in [5, 5.41) is 13.6. The molecule has 0 saturated carbocycles. The normalized spacial score (nSPS) is 19.0. The van der Waals surface area contributed by atoms with Crippen molar-refractivity contribution in [3.05, 3.63) is 130 Å². The van der Waals surface area contributed by atoms with Crippen molar-refractivity contribution in [3.8, 4) is 0 Å². The number of carbonyl (C=O) groups is 3. The van der Waals surface area contributed by atoms with E-state index < -0.39 is 0 Å².